The number of rotatable bonds is 1. The van der Waals surface area contributed by atoms with Crippen LogP contribution in [0.1, 0.15) is 15.9 Å². The Morgan fingerprint density at radius 1 is 1.14 bits per heavy atom. The highest BCUT2D eigenvalue weighted by atomic mass is 35.5. The standard InChI is InChI=1S/C21H13ClF4N2O6S/c22-14-5-12-7-17(19(14)29)35(31,32)28-15-6-10(1-2-16(15)34-21(24,25)26)13-9-27-18(23)8-11(13)3-4-33-20(12)30/h1-2,5-9,28-29H,3-4H2. The molecule has 0 radical (unpaired) electrons. The summed E-state index contributed by atoms with van der Waals surface area (Å²) >= 11 is 5.87. The molecule has 1 aliphatic heterocycles. The van der Waals surface area contributed by atoms with Gasteiger partial charge in [-0.15, -0.1) is 13.2 Å². The van der Waals surface area contributed by atoms with Crippen molar-refractivity contribution in [2.75, 3.05) is 11.3 Å². The van der Waals surface area contributed by atoms with Crippen LogP contribution < -0.4 is 9.46 Å². The minimum atomic E-state index is -5.17. The van der Waals surface area contributed by atoms with Gasteiger partial charge in [-0.05, 0) is 41.5 Å². The lowest BCUT2D eigenvalue weighted by atomic mass is 9.99. The quantitative estimate of drug-likeness (QED) is 0.266. The number of fused-ring (bicyclic) bond motifs is 6. The normalized spacial score (nSPS) is 15.3. The number of aromatic hydroxyl groups is 1. The van der Waals surface area contributed by atoms with E-state index in [0.29, 0.717) is 0 Å². The number of esters is 1. The van der Waals surface area contributed by atoms with E-state index in [1.165, 1.54) is 6.07 Å². The third kappa shape index (κ3) is 5.25. The lowest BCUT2D eigenvalue weighted by molar-refractivity contribution is -0.274. The minimum Gasteiger partial charge on any atom is -0.505 e. The molecule has 4 bridgehead atoms. The number of phenolic OH excluding ortho intramolecular Hbond substituents is 1. The smallest absolute Gasteiger partial charge is 0.505 e. The summed E-state index contributed by atoms with van der Waals surface area (Å²) in [5.41, 5.74) is -0.338. The first-order valence-corrected chi connectivity index (χ1v) is 11.5. The molecular formula is C21H13ClF4N2O6S. The lowest BCUT2D eigenvalue weighted by Gasteiger charge is -2.18. The van der Waals surface area contributed by atoms with Crippen LogP contribution in [-0.2, 0) is 21.2 Å². The second-order valence-electron chi connectivity index (χ2n) is 7.22. The van der Waals surface area contributed by atoms with Gasteiger partial charge in [0.05, 0.1) is 22.9 Å². The summed E-state index contributed by atoms with van der Waals surface area (Å²) in [6, 6.07) is 5.84. The van der Waals surface area contributed by atoms with Gasteiger partial charge < -0.3 is 14.6 Å². The van der Waals surface area contributed by atoms with Crippen molar-refractivity contribution in [2.45, 2.75) is 17.7 Å². The van der Waals surface area contributed by atoms with Crippen LogP contribution in [0.5, 0.6) is 11.5 Å². The molecule has 2 N–H and O–H groups in total. The fraction of sp³-hybridized carbons (Fsp3) is 0.143. The van der Waals surface area contributed by atoms with Crippen LogP contribution in [-0.4, -0.2) is 37.4 Å². The van der Waals surface area contributed by atoms with E-state index in [1.807, 2.05) is 4.72 Å². The van der Waals surface area contributed by atoms with Crippen molar-refractivity contribution < 1.29 is 45.4 Å². The second kappa shape index (κ2) is 8.89. The number of alkyl halides is 3. The maximum absolute atomic E-state index is 13.8. The molecule has 1 aliphatic rings. The molecule has 0 amide bonds. The maximum atomic E-state index is 13.8. The molecule has 4 rings (SSSR count). The Hall–Kier alpha value is -3.58. The Morgan fingerprint density at radius 2 is 1.89 bits per heavy atom. The zero-order valence-electron chi connectivity index (χ0n) is 17.2. The molecule has 0 atom stereocenters. The van der Waals surface area contributed by atoms with E-state index >= 15 is 0 Å². The van der Waals surface area contributed by atoms with Crippen LogP contribution in [0.15, 0.2) is 47.5 Å². The highest BCUT2D eigenvalue weighted by molar-refractivity contribution is 7.92. The summed E-state index contributed by atoms with van der Waals surface area (Å²) in [5, 5.41) is 9.69. The summed E-state index contributed by atoms with van der Waals surface area (Å²) in [6.07, 6.45) is -4.08. The molecule has 2 heterocycles. The number of sulfonamides is 1. The van der Waals surface area contributed by atoms with Gasteiger partial charge in [0.1, 0.15) is 4.90 Å². The lowest BCUT2D eigenvalue weighted by Crippen LogP contribution is -2.20. The molecule has 2 aromatic carbocycles. The van der Waals surface area contributed by atoms with E-state index < -0.39 is 55.4 Å². The molecule has 0 saturated carbocycles. The Balaban J connectivity index is 1.96. The molecule has 14 heteroatoms. The average molecular weight is 533 g/mol. The van der Waals surface area contributed by atoms with Crippen LogP contribution >= 0.6 is 11.6 Å². The van der Waals surface area contributed by atoms with Crippen LogP contribution in [0.2, 0.25) is 5.02 Å². The number of halogens is 5. The molecular weight excluding hydrogens is 520 g/mol. The van der Waals surface area contributed by atoms with Crippen molar-refractivity contribution in [2.24, 2.45) is 0 Å². The molecule has 0 aliphatic carbocycles. The van der Waals surface area contributed by atoms with Gasteiger partial charge in [-0.25, -0.2) is 18.2 Å². The number of carbonyl (C=O) groups is 1. The summed E-state index contributed by atoms with van der Waals surface area (Å²) < 4.78 is 89.8. The fourth-order valence-corrected chi connectivity index (χ4v) is 4.84. The average Bonchev–Trinajstić information content (AvgIpc) is 2.75. The molecule has 35 heavy (non-hydrogen) atoms. The number of nitrogens with one attached hydrogen (secondary N) is 1. The van der Waals surface area contributed by atoms with E-state index in [2.05, 4.69) is 9.72 Å². The highest BCUT2D eigenvalue weighted by Gasteiger charge is 2.33. The topological polar surface area (TPSA) is 115 Å². The number of cyclic esters (lactones) is 1. The summed E-state index contributed by atoms with van der Waals surface area (Å²) in [4.78, 5) is 15.1. The van der Waals surface area contributed by atoms with Crippen LogP contribution in [0, 0.1) is 5.95 Å². The van der Waals surface area contributed by atoms with Gasteiger partial charge in [-0.1, -0.05) is 17.7 Å². The second-order valence-corrected chi connectivity index (χ2v) is 9.28. The predicted molar refractivity (Wildman–Crippen MR) is 114 cm³/mol. The molecule has 0 fully saturated rings. The van der Waals surface area contributed by atoms with Gasteiger partial charge in [-0.3, -0.25) is 4.72 Å². The van der Waals surface area contributed by atoms with E-state index in [0.717, 1.165) is 36.5 Å². The molecule has 8 nitrogen and oxygen atoms in total. The third-order valence-corrected chi connectivity index (χ3v) is 6.54. The number of benzene rings is 2. The zero-order valence-corrected chi connectivity index (χ0v) is 18.8. The predicted octanol–water partition coefficient (Wildman–Crippen LogP) is 4.66. The Labute approximate surface area is 200 Å². The van der Waals surface area contributed by atoms with Crippen molar-refractivity contribution in [1.29, 1.82) is 0 Å². The highest BCUT2D eigenvalue weighted by Crippen LogP contribution is 2.39. The van der Waals surface area contributed by atoms with Crippen LogP contribution in [0.3, 0.4) is 0 Å². The van der Waals surface area contributed by atoms with Gasteiger partial charge in [0.2, 0.25) is 5.95 Å². The van der Waals surface area contributed by atoms with Crippen LogP contribution in [0.4, 0.5) is 23.2 Å². The van der Waals surface area contributed by atoms with Gasteiger partial charge in [0, 0.05) is 18.2 Å². The molecule has 0 saturated heterocycles. The molecule has 0 spiro atoms. The number of aromatic nitrogens is 1. The summed E-state index contributed by atoms with van der Waals surface area (Å²) in [6.45, 7) is -0.268. The number of hydrogen-bond donors (Lipinski definition) is 2. The van der Waals surface area contributed by atoms with Crippen molar-refractivity contribution in [3.63, 3.8) is 0 Å². The number of ether oxygens (including phenoxy) is 2. The number of phenols is 1. The monoisotopic (exact) mass is 532 g/mol. The number of hydrogen-bond acceptors (Lipinski definition) is 7. The van der Waals surface area contributed by atoms with E-state index in [1.54, 1.807) is 0 Å². The van der Waals surface area contributed by atoms with Crippen molar-refractivity contribution >= 4 is 33.3 Å². The van der Waals surface area contributed by atoms with Crippen molar-refractivity contribution in [1.82, 2.24) is 4.98 Å². The molecule has 184 valence electrons. The van der Waals surface area contributed by atoms with E-state index in [4.69, 9.17) is 16.3 Å². The SMILES string of the molecule is O=C1OCCc2cc(F)ncc2-c2ccc(OC(F)(F)F)c(c2)NS(=O)(=O)c2cc1cc(Cl)c2O. The first-order chi connectivity index (χ1) is 16.3. The molecule has 0 unspecified atom stereocenters. The Bertz CT molecular complexity index is 1450. The van der Waals surface area contributed by atoms with Gasteiger partial charge in [0.15, 0.2) is 11.5 Å². The maximum Gasteiger partial charge on any atom is 0.573 e. The minimum absolute atomic E-state index is 0.0128. The Morgan fingerprint density at radius 3 is 2.60 bits per heavy atom. The zero-order chi connectivity index (χ0) is 25.5. The summed E-state index contributed by atoms with van der Waals surface area (Å²) in [5.74, 6) is -3.71. The van der Waals surface area contributed by atoms with Crippen molar-refractivity contribution in [3.05, 3.63) is 64.7 Å². The number of carbonyl (C=O) groups excluding carboxylic acids is 1. The first kappa shape index (κ1) is 24.5. The Kier molecular flexibility index (Phi) is 6.23. The van der Waals surface area contributed by atoms with Crippen LogP contribution in [0.25, 0.3) is 11.1 Å². The molecule has 1 aromatic heterocycles. The largest absolute Gasteiger partial charge is 0.573 e. The number of anilines is 1. The molecule has 3 aromatic rings. The fourth-order valence-electron chi connectivity index (χ4n) is 3.36. The van der Waals surface area contributed by atoms with E-state index in [-0.39, 0.29) is 35.3 Å². The van der Waals surface area contributed by atoms with Gasteiger partial charge >= 0.3 is 12.3 Å². The summed E-state index contributed by atoms with van der Waals surface area (Å²) in [7, 11) is -4.82. The number of nitrogens with zero attached hydrogens (tertiary/aromatic N) is 1. The number of pyridine rings is 1. The van der Waals surface area contributed by atoms with Gasteiger partial charge in [-0.2, -0.15) is 4.39 Å². The first-order valence-electron chi connectivity index (χ1n) is 9.61. The van der Waals surface area contributed by atoms with Gasteiger partial charge in [0.25, 0.3) is 10.0 Å². The van der Waals surface area contributed by atoms with Crippen molar-refractivity contribution in [3.8, 4) is 22.6 Å². The van der Waals surface area contributed by atoms with E-state index in [9.17, 15) is 35.9 Å². The third-order valence-electron chi connectivity index (χ3n) is 4.88.